The van der Waals surface area contributed by atoms with E-state index in [1.165, 1.54) is 0 Å². The Morgan fingerprint density at radius 3 is 1.35 bits per heavy atom. The van der Waals surface area contributed by atoms with Gasteiger partial charge in [-0.2, -0.15) is 0 Å². The minimum Gasteiger partial charge on any atom is -0.455 e. The lowest BCUT2D eigenvalue weighted by atomic mass is 9.80. The SMILES string of the molecule is [2H]c1c([2H])c([2H])c2c(-c3cccc4c(-c5cccc6c5oc5ccccc56)cccc34)c3c([2H])c([2H])c([2H])c([2H])c3c(-c3c(-c4ccccc4)cccc3-c3ccccc3)c2c1[2H]. The van der Waals surface area contributed by atoms with Crippen molar-refractivity contribution >= 4 is 54.3 Å². The maximum Gasteiger partial charge on any atom is 0.143 e. The lowest BCUT2D eigenvalue weighted by Gasteiger charge is -2.23. The Morgan fingerprint density at radius 1 is 0.291 bits per heavy atom. The van der Waals surface area contributed by atoms with E-state index in [1.807, 2.05) is 158 Å². The van der Waals surface area contributed by atoms with Crippen LogP contribution in [0.3, 0.4) is 0 Å². The van der Waals surface area contributed by atoms with Gasteiger partial charge in [0.2, 0.25) is 0 Å². The number of furan rings is 1. The third-order valence-corrected chi connectivity index (χ3v) is 10.7. The molecule has 1 nitrogen and oxygen atoms in total. The molecule has 0 aliphatic heterocycles. The summed E-state index contributed by atoms with van der Waals surface area (Å²) in [5.74, 6) is 0. The van der Waals surface area contributed by atoms with Crippen LogP contribution in [0.5, 0.6) is 0 Å². The van der Waals surface area contributed by atoms with Gasteiger partial charge in [0.15, 0.2) is 0 Å². The Kier molecular flexibility index (Phi) is 5.59. The molecule has 11 aromatic rings. The van der Waals surface area contributed by atoms with E-state index in [9.17, 15) is 5.48 Å². The van der Waals surface area contributed by atoms with Crippen LogP contribution in [0.2, 0.25) is 0 Å². The molecule has 1 aromatic heterocycles. The quantitative estimate of drug-likeness (QED) is 0.162. The van der Waals surface area contributed by atoms with Crippen molar-refractivity contribution in [3.05, 3.63) is 206 Å². The summed E-state index contributed by atoms with van der Waals surface area (Å²) in [5, 5.41) is 4.18. The van der Waals surface area contributed by atoms with Crippen LogP contribution < -0.4 is 0 Å². The van der Waals surface area contributed by atoms with E-state index >= 15 is 0 Å². The summed E-state index contributed by atoms with van der Waals surface area (Å²) in [7, 11) is 0. The predicted octanol–water partition coefficient (Wildman–Crippen LogP) is 15.4. The molecule has 10 aromatic carbocycles. The number of para-hydroxylation sites is 2. The van der Waals surface area contributed by atoms with Gasteiger partial charge in [0, 0.05) is 16.3 Å². The molecule has 0 radical (unpaired) electrons. The van der Waals surface area contributed by atoms with E-state index in [1.54, 1.807) is 0 Å². The van der Waals surface area contributed by atoms with E-state index in [-0.39, 0.29) is 45.7 Å². The molecule has 0 fully saturated rings. The maximum absolute atomic E-state index is 9.76. The van der Waals surface area contributed by atoms with Crippen LogP contribution in [0.25, 0.3) is 110 Å². The predicted molar refractivity (Wildman–Crippen MR) is 233 cm³/mol. The molecular formula is C54H34O. The van der Waals surface area contributed by atoms with Gasteiger partial charge in [-0.25, -0.2) is 0 Å². The highest BCUT2D eigenvalue weighted by atomic mass is 16.3. The molecule has 0 saturated heterocycles. The van der Waals surface area contributed by atoms with Crippen molar-refractivity contribution in [2.75, 3.05) is 0 Å². The van der Waals surface area contributed by atoms with Crippen molar-refractivity contribution in [1.29, 1.82) is 0 Å². The normalized spacial score (nSPS) is 13.7. The van der Waals surface area contributed by atoms with Crippen LogP contribution in [0.1, 0.15) is 11.0 Å². The number of rotatable bonds is 5. The molecule has 0 spiro atoms. The third-order valence-electron chi connectivity index (χ3n) is 10.7. The highest BCUT2D eigenvalue weighted by Crippen LogP contribution is 2.50. The molecule has 1 heterocycles. The third kappa shape index (κ3) is 4.94. The monoisotopic (exact) mass is 706 g/mol. The van der Waals surface area contributed by atoms with Gasteiger partial charge in [0.05, 0.1) is 11.0 Å². The van der Waals surface area contributed by atoms with Gasteiger partial charge in [-0.15, -0.1) is 0 Å². The van der Waals surface area contributed by atoms with Gasteiger partial charge in [0.1, 0.15) is 11.2 Å². The van der Waals surface area contributed by atoms with Gasteiger partial charge in [-0.3, -0.25) is 0 Å². The van der Waals surface area contributed by atoms with Crippen molar-refractivity contribution in [3.63, 3.8) is 0 Å². The molecule has 0 aliphatic carbocycles. The molecule has 1 heteroatoms. The Morgan fingerprint density at radius 2 is 0.727 bits per heavy atom. The molecule has 0 amide bonds. The minimum atomic E-state index is -0.447. The molecule has 0 aliphatic rings. The van der Waals surface area contributed by atoms with E-state index in [2.05, 4.69) is 0 Å². The molecule has 0 unspecified atom stereocenters. The molecule has 11 rings (SSSR count). The number of hydrogen-bond acceptors (Lipinski definition) is 1. The molecule has 0 N–H and O–H groups in total. The van der Waals surface area contributed by atoms with Gasteiger partial charge >= 0.3 is 0 Å². The molecule has 256 valence electrons. The van der Waals surface area contributed by atoms with Crippen LogP contribution in [0, 0.1) is 0 Å². The van der Waals surface area contributed by atoms with Crippen LogP contribution in [0.4, 0.5) is 0 Å². The molecule has 0 atom stereocenters. The number of fused-ring (bicyclic) bond motifs is 6. The summed E-state index contributed by atoms with van der Waals surface area (Å²) >= 11 is 0. The minimum absolute atomic E-state index is 0.160. The number of hydrogen-bond donors (Lipinski definition) is 0. The van der Waals surface area contributed by atoms with Crippen molar-refractivity contribution in [2.45, 2.75) is 0 Å². The second-order valence-electron chi connectivity index (χ2n) is 13.7. The highest BCUT2D eigenvalue weighted by molar-refractivity contribution is 6.26. The van der Waals surface area contributed by atoms with Crippen LogP contribution in [0.15, 0.2) is 210 Å². The summed E-state index contributed by atoms with van der Waals surface area (Å²) in [4.78, 5) is 0. The molecule has 0 bridgehead atoms. The van der Waals surface area contributed by atoms with Crippen molar-refractivity contribution < 1.29 is 15.4 Å². The zero-order chi connectivity index (χ0) is 43.3. The van der Waals surface area contributed by atoms with E-state index in [4.69, 9.17) is 9.90 Å². The first-order valence-electron chi connectivity index (χ1n) is 22.3. The lowest BCUT2D eigenvalue weighted by molar-refractivity contribution is 0.670. The Labute approximate surface area is 330 Å². The Hall–Kier alpha value is -7.22. The van der Waals surface area contributed by atoms with Crippen molar-refractivity contribution in [3.8, 4) is 55.6 Å². The van der Waals surface area contributed by atoms with Gasteiger partial charge < -0.3 is 4.42 Å². The molecular weight excluding hydrogens is 665 g/mol. The lowest BCUT2D eigenvalue weighted by Crippen LogP contribution is -1.95. The van der Waals surface area contributed by atoms with Crippen LogP contribution >= 0.6 is 0 Å². The second kappa shape index (κ2) is 12.7. The summed E-state index contributed by atoms with van der Waals surface area (Å²) in [6, 6.07) is 47.9. The van der Waals surface area contributed by atoms with E-state index in [0.717, 1.165) is 66.1 Å². The average Bonchev–Trinajstić information content (AvgIpc) is 3.72. The number of benzene rings is 10. The zero-order valence-electron chi connectivity index (χ0n) is 37.4. The zero-order valence-corrected chi connectivity index (χ0v) is 29.4. The van der Waals surface area contributed by atoms with Crippen LogP contribution in [-0.4, -0.2) is 0 Å². The topological polar surface area (TPSA) is 13.1 Å². The van der Waals surface area contributed by atoms with E-state index in [0.29, 0.717) is 22.3 Å². The summed E-state index contributed by atoms with van der Waals surface area (Å²) in [5.41, 5.74) is 8.12. The Bertz CT molecular complexity index is 3570. The Balaban J connectivity index is 1.35. The van der Waals surface area contributed by atoms with E-state index < -0.39 is 24.2 Å². The summed E-state index contributed by atoms with van der Waals surface area (Å²) in [6.07, 6.45) is 0. The highest BCUT2D eigenvalue weighted by Gasteiger charge is 2.23. The largest absolute Gasteiger partial charge is 0.455 e. The maximum atomic E-state index is 9.76. The smallest absolute Gasteiger partial charge is 0.143 e. The second-order valence-corrected chi connectivity index (χ2v) is 13.7. The average molecular weight is 707 g/mol. The fraction of sp³-hybridized carbons (Fsp3) is 0. The van der Waals surface area contributed by atoms with Crippen molar-refractivity contribution in [1.82, 2.24) is 0 Å². The van der Waals surface area contributed by atoms with Gasteiger partial charge in [-0.1, -0.05) is 200 Å². The van der Waals surface area contributed by atoms with Gasteiger partial charge in [-0.05, 0) is 88.5 Å². The fourth-order valence-corrected chi connectivity index (χ4v) is 8.40. The van der Waals surface area contributed by atoms with Gasteiger partial charge in [0.25, 0.3) is 0 Å². The first-order valence-corrected chi connectivity index (χ1v) is 18.3. The summed E-state index contributed by atoms with van der Waals surface area (Å²) in [6.45, 7) is 0. The molecule has 55 heavy (non-hydrogen) atoms. The molecule has 0 saturated carbocycles. The van der Waals surface area contributed by atoms with Crippen LogP contribution in [-0.2, 0) is 0 Å². The summed E-state index contributed by atoms with van der Waals surface area (Å²) < 4.78 is 82.0. The first-order chi connectivity index (χ1) is 30.7. The standard InChI is InChI=1S/C54H34O/c1-3-17-35(18-4-1)37-26-13-27-38(36-19-5-2-6-20-36)52(37)53-46-24-9-7-22-44(46)51(45-23-8-10-25-47(45)53)43-31-15-28-39-40(43)29-14-30-41(39)48-32-16-33-49-42-21-11-12-34-50(42)55-54(48)49/h1-34H/i7D,8D,9D,10D,22D,23D,24D,25D. The van der Waals surface area contributed by atoms with Crippen molar-refractivity contribution in [2.24, 2.45) is 0 Å². The first kappa shape index (κ1) is 24.2. The fourth-order valence-electron chi connectivity index (χ4n) is 8.40.